The third kappa shape index (κ3) is 4.84. The fraction of sp³-hybridized carbons (Fsp3) is 1.00. The van der Waals surface area contributed by atoms with Gasteiger partial charge in [0.15, 0.2) is 0 Å². The van der Waals surface area contributed by atoms with Crippen LogP contribution in [0.4, 0.5) is 0 Å². The number of hydrogen-bond donors (Lipinski definition) is 0. The Labute approximate surface area is 102 Å². The van der Waals surface area contributed by atoms with Crippen LogP contribution in [0.25, 0.3) is 0 Å². The van der Waals surface area contributed by atoms with E-state index in [9.17, 15) is 0 Å². The van der Waals surface area contributed by atoms with E-state index in [-0.39, 0.29) is 0 Å². The second-order valence-electron chi connectivity index (χ2n) is 5.20. The van der Waals surface area contributed by atoms with Crippen molar-refractivity contribution in [3.05, 3.63) is 0 Å². The van der Waals surface area contributed by atoms with Gasteiger partial charge in [0.2, 0.25) is 0 Å². The molecule has 2 nitrogen and oxygen atoms in total. The van der Waals surface area contributed by atoms with Crippen molar-refractivity contribution in [3.63, 3.8) is 0 Å². The molecule has 96 valence electrons. The Balaban J connectivity index is 2.19. The predicted molar refractivity (Wildman–Crippen MR) is 71.9 cm³/mol. The quantitative estimate of drug-likeness (QED) is 0.658. The Kier molecular flexibility index (Phi) is 7.06. The summed E-state index contributed by atoms with van der Waals surface area (Å²) >= 11 is 0. The molecule has 1 unspecified atom stereocenters. The van der Waals surface area contributed by atoms with Crippen LogP contribution in [0.3, 0.4) is 0 Å². The first-order chi connectivity index (χ1) is 7.77. The Morgan fingerprint density at radius 2 is 1.81 bits per heavy atom. The van der Waals surface area contributed by atoms with E-state index in [1.807, 2.05) is 0 Å². The number of nitrogens with zero attached hydrogens (tertiary/aromatic N) is 2. The predicted octanol–water partition coefficient (Wildman–Crippen LogP) is 2.98. The Bertz CT molecular complexity index is 164. The largest absolute Gasteiger partial charge is 0.307 e. The molecule has 1 fully saturated rings. The van der Waals surface area contributed by atoms with Crippen molar-refractivity contribution < 1.29 is 0 Å². The first kappa shape index (κ1) is 14.0. The summed E-state index contributed by atoms with van der Waals surface area (Å²) < 4.78 is 0. The van der Waals surface area contributed by atoms with Crippen LogP contribution in [0.1, 0.15) is 52.4 Å². The molecule has 0 amide bonds. The van der Waals surface area contributed by atoms with Gasteiger partial charge in [0.1, 0.15) is 0 Å². The molecule has 2 heteroatoms. The van der Waals surface area contributed by atoms with Gasteiger partial charge in [0.25, 0.3) is 0 Å². The summed E-state index contributed by atoms with van der Waals surface area (Å²) in [6, 6.07) is 0.852. The molecule has 0 spiro atoms. The zero-order valence-corrected chi connectivity index (χ0v) is 11.5. The maximum atomic E-state index is 2.73. The zero-order valence-electron chi connectivity index (χ0n) is 11.5. The summed E-state index contributed by atoms with van der Waals surface area (Å²) in [5.74, 6) is 0. The molecule has 1 heterocycles. The minimum atomic E-state index is 0.852. The van der Waals surface area contributed by atoms with Gasteiger partial charge < -0.3 is 9.80 Å². The van der Waals surface area contributed by atoms with Crippen LogP contribution in [-0.4, -0.2) is 49.1 Å². The lowest BCUT2D eigenvalue weighted by molar-refractivity contribution is 0.146. The molecule has 0 saturated carbocycles. The molecule has 1 rings (SSSR count). The van der Waals surface area contributed by atoms with E-state index in [0.29, 0.717) is 0 Å². The Morgan fingerprint density at radius 1 is 1.12 bits per heavy atom. The van der Waals surface area contributed by atoms with Crippen LogP contribution in [0.2, 0.25) is 0 Å². The van der Waals surface area contributed by atoms with Crippen LogP contribution in [0, 0.1) is 0 Å². The van der Waals surface area contributed by atoms with Gasteiger partial charge in [-0.2, -0.15) is 0 Å². The molecule has 1 aliphatic heterocycles. The van der Waals surface area contributed by atoms with E-state index < -0.39 is 0 Å². The molecule has 0 aromatic carbocycles. The second kappa shape index (κ2) is 8.08. The van der Waals surface area contributed by atoms with E-state index in [0.717, 1.165) is 6.04 Å². The van der Waals surface area contributed by atoms with Gasteiger partial charge in [-0.15, -0.1) is 0 Å². The number of likely N-dealkylation sites (tertiary alicyclic amines) is 1. The van der Waals surface area contributed by atoms with Gasteiger partial charge in [-0.1, -0.05) is 20.3 Å². The van der Waals surface area contributed by atoms with Crippen molar-refractivity contribution in [1.82, 2.24) is 9.80 Å². The molecule has 0 bridgehead atoms. The average molecular weight is 226 g/mol. The van der Waals surface area contributed by atoms with Crippen molar-refractivity contribution in [2.75, 3.05) is 33.2 Å². The van der Waals surface area contributed by atoms with Crippen LogP contribution < -0.4 is 0 Å². The van der Waals surface area contributed by atoms with Crippen molar-refractivity contribution >= 4 is 0 Å². The van der Waals surface area contributed by atoms with Gasteiger partial charge in [-0.3, -0.25) is 0 Å². The fourth-order valence-corrected chi connectivity index (χ4v) is 2.68. The maximum Gasteiger partial charge on any atom is 0.00931 e. The number of piperidine rings is 1. The third-order valence-electron chi connectivity index (χ3n) is 4.00. The minimum Gasteiger partial charge on any atom is -0.307 e. The lowest BCUT2D eigenvalue weighted by atomic mass is 10.0. The lowest BCUT2D eigenvalue weighted by Crippen LogP contribution is -2.39. The average Bonchev–Trinajstić information content (AvgIpc) is 2.35. The highest BCUT2D eigenvalue weighted by Gasteiger charge is 2.18. The highest BCUT2D eigenvalue weighted by molar-refractivity contribution is 4.74. The van der Waals surface area contributed by atoms with Crippen LogP contribution >= 0.6 is 0 Å². The molecule has 0 radical (unpaired) electrons. The molecule has 1 saturated heterocycles. The van der Waals surface area contributed by atoms with Gasteiger partial charge >= 0.3 is 0 Å². The van der Waals surface area contributed by atoms with E-state index in [1.165, 1.54) is 64.7 Å². The van der Waals surface area contributed by atoms with Crippen molar-refractivity contribution in [2.24, 2.45) is 0 Å². The minimum absolute atomic E-state index is 0.852. The van der Waals surface area contributed by atoms with Crippen molar-refractivity contribution in [1.29, 1.82) is 0 Å². The van der Waals surface area contributed by atoms with E-state index in [1.54, 1.807) is 0 Å². The van der Waals surface area contributed by atoms with Gasteiger partial charge in [-0.25, -0.2) is 0 Å². The molecule has 0 aromatic heterocycles. The number of hydrogen-bond acceptors (Lipinski definition) is 2. The summed E-state index contributed by atoms with van der Waals surface area (Å²) in [7, 11) is 2.22. The smallest absolute Gasteiger partial charge is 0.00931 e. The molecule has 1 atom stereocenters. The molecule has 0 aliphatic carbocycles. The molecule has 0 N–H and O–H groups in total. The fourth-order valence-electron chi connectivity index (χ4n) is 2.68. The summed E-state index contributed by atoms with van der Waals surface area (Å²) in [5.41, 5.74) is 0. The highest BCUT2D eigenvalue weighted by atomic mass is 15.2. The van der Waals surface area contributed by atoms with Crippen LogP contribution in [-0.2, 0) is 0 Å². The summed E-state index contributed by atoms with van der Waals surface area (Å²) in [4.78, 5) is 5.15. The third-order valence-corrected chi connectivity index (χ3v) is 4.00. The van der Waals surface area contributed by atoms with E-state index in [4.69, 9.17) is 0 Å². The monoisotopic (exact) mass is 226 g/mol. The number of rotatable bonds is 7. The second-order valence-corrected chi connectivity index (χ2v) is 5.20. The molecule has 0 aromatic rings. The van der Waals surface area contributed by atoms with Gasteiger partial charge in [0.05, 0.1) is 0 Å². The Morgan fingerprint density at radius 3 is 2.38 bits per heavy atom. The molecular formula is C14H30N2. The first-order valence-corrected chi connectivity index (χ1v) is 7.20. The maximum absolute atomic E-state index is 2.73. The van der Waals surface area contributed by atoms with Crippen LogP contribution in [0.5, 0.6) is 0 Å². The first-order valence-electron chi connectivity index (χ1n) is 7.20. The SMILES string of the molecule is CCC(CCCN(C)CC)N1CCCCC1. The molecule has 16 heavy (non-hydrogen) atoms. The lowest BCUT2D eigenvalue weighted by Gasteiger charge is -2.34. The summed E-state index contributed by atoms with van der Waals surface area (Å²) in [6.45, 7) is 9.73. The van der Waals surface area contributed by atoms with Gasteiger partial charge in [-0.05, 0) is 65.3 Å². The van der Waals surface area contributed by atoms with Crippen LogP contribution in [0.15, 0.2) is 0 Å². The van der Waals surface area contributed by atoms with E-state index >= 15 is 0 Å². The molecule has 1 aliphatic rings. The normalized spacial score (nSPS) is 20.2. The molecular weight excluding hydrogens is 196 g/mol. The zero-order chi connectivity index (χ0) is 11.8. The van der Waals surface area contributed by atoms with Crippen molar-refractivity contribution in [2.45, 2.75) is 58.4 Å². The highest BCUT2D eigenvalue weighted by Crippen LogP contribution is 2.17. The topological polar surface area (TPSA) is 6.48 Å². The summed E-state index contributed by atoms with van der Waals surface area (Å²) in [5, 5.41) is 0. The standard InChI is InChI=1S/C14H30N2/c1-4-14(10-9-11-15(3)5-2)16-12-7-6-8-13-16/h14H,4-13H2,1-3H3. The van der Waals surface area contributed by atoms with Crippen molar-refractivity contribution in [3.8, 4) is 0 Å². The summed E-state index contributed by atoms with van der Waals surface area (Å²) in [6.07, 6.45) is 8.37. The van der Waals surface area contributed by atoms with E-state index in [2.05, 4.69) is 30.7 Å². The Hall–Kier alpha value is -0.0800. The van der Waals surface area contributed by atoms with Gasteiger partial charge in [0, 0.05) is 6.04 Å².